The number of ether oxygens (including phenoxy) is 1. The first kappa shape index (κ1) is 20.2. The average Bonchev–Trinajstić information content (AvgIpc) is 3.28. The Labute approximate surface area is 184 Å². The number of fused-ring (bicyclic) bond motifs is 1. The maximum Gasteiger partial charge on any atom is 0.249 e. The molecule has 152 valence electrons. The molecule has 29 heavy (non-hydrogen) atoms. The van der Waals surface area contributed by atoms with Crippen LogP contribution in [0, 0.1) is 3.57 Å². The highest BCUT2D eigenvalue weighted by Crippen LogP contribution is 2.34. The first-order chi connectivity index (χ1) is 14.0. The second kappa shape index (κ2) is 8.36. The fourth-order valence-corrected chi connectivity index (χ4v) is 4.00. The van der Waals surface area contributed by atoms with Crippen LogP contribution >= 0.6 is 34.2 Å². The van der Waals surface area contributed by atoms with Crippen molar-refractivity contribution in [3.63, 3.8) is 0 Å². The van der Waals surface area contributed by atoms with Crippen LogP contribution < -0.4 is 10.6 Å². The number of aromatic nitrogens is 4. The van der Waals surface area contributed by atoms with Crippen molar-refractivity contribution in [2.75, 3.05) is 12.4 Å². The molecule has 2 aromatic heterocycles. The van der Waals surface area contributed by atoms with E-state index in [2.05, 4.69) is 48.2 Å². The summed E-state index contributed by atoms with van der Waals surface area (Å²) in [5.41, 5.74) is 1.84. The monoisotopic (exact) mass is 530 g/mol. The number of nitrogens with zero attached hydrogens (tertiary/aromatic N) is 4. The van der Waals surface area contributed by atoms with Crippen LogP contribution in [0.5, 0.6) is 0 Å². The quantitative estimate of drug-likeness (QED) is 0.389. The third kappa shape index (κ3) is 4.14. The van der Waals surface area contributed by atoms with Crippen LogP contribution in [0.25, 0.3) is 11.2 Å². The molecule has 0 bridgehead atoms. The van der Waals surface area contributed by atoms with Gasteiger partial charge in [0.15, 0.2) is 23.2 Å². The number of amides is 1. The van der Waals surface area contributed by atoms with Gasteiger partial charge in [-0.2, -0.15) is 9.97 Å². The van der Waals surface area contributed by atoms with Crippen molar-refractivity contribution in [3.8, 4) is 0 Å². The maximum absolute atomic E-state index is 14.6. The second-order valence-electron chi connectivity index (χ2n) is 6.53. The standard InChI is InChI=1S/C18H17ClFIN6O2/c1-22-16(28)12-6-11(20)17(29-12)27-8-24-13-14(25-18(19)26-15(13)27)23-7-9-3-2-4-10(21)5-9/h2-5,8,11-12,17H,6-7H2,1H3,(H,22,28)(H,23,25,26)/t11-,12+,17-/m1/s1. The Morgan fingerprint density at radius 1 is 1.45 bits per heavy atom. The van der Waals surface area contributed by atoms with Gasteiger partial charge in [-0.25, -0.2) is 9.37 Å². The van der Waals surface area contributed by atoms with Gasteiger partial charge in [0.25, 0.3) is 0 Å². The number of nitrogens with one attached hydrogen (secondary N) is 2. The van der Waals surface area contributed by atoms with E-state index in [9.17, 15) is 9.18 Å². The van der Waals surface area contributed by atoms with Crippen LogP contribution in [0.1, 0.15) is 18.2 Å². The maximum atomic E-state index is 14.6. The minimum absolute atomic E-state index is 0.000601. The van der Waals surface area contributed by atoms with Crippen molar-refractivity contribution >= 4 is 57.1 Å². The topological polar surface area (TPSA) is 94.0 Å². The summed E-state index contributed by atoms with van der Waals surface area (Å²) in [4.78, 5) is 24.6. The zero-order valence-corrected chi connectivity index (χ0v) is 18.2. The second-order valence-corrected chi connectivity index (χ2v) is 8.11. The van der Waals surface area contributed by atoms with Crippen LogP contribution in [0.4, 0.5) is 10.2 Å². The van der Waals surface area contributed by atoms with E-state index in [1.54, 1.807) is 0 Å². The smallest absolute Gasteiger partial charge is 0.249 e. The van der Waals surface area contributed by atoms with E-state index in [1.165, 1.54) is 17.9 Å². The lowest BCUT2D eigenvalue weighted by Crippen LogP contribution is -2.31. The summed E-state index contributed by atoms with van der Waals surface area (Å²) in [5, 5.41) is 5.68. The van der Waals surface area contributed by atoms with Gasteiger partial charge < -0.3 is 15.4 Å². The Kier molecular flexibility index (Phi) is 5.83. The van der Waals surface area contributed by atoms with Crippen LogP contribution in [0.15, 0.2) is 30.6 Å². The van der Waals surface area contributed by atoms with E-state index < -0.39 is 18.5 Å². The van der Waals surface area contributed by atoms with Gasteiger partial charge in [-0.3, -0.25) is 9.36 Å². The lowest BCUT2D eigenvalue weighted by atomic mass is 10.2. The molecular weight excluding hydrogens is 514 g/mol. The average molecular weight is 531 g/mol. The van der Waals surface area contributed by atoms with E-state index in [-0.39, 0.29) is 17.6 Å². The van der Waals surface area contributed by atoms with Gasteiger partial charge in [0.2, 0.25) is 11.2 Å². The lowest BCUT2D eigenvalue weighted by Gasteiger charge is -2.15. The van der Waals surface area contributed by atoms with Gasteiger partial charge in [0, 0.05) is 23.6 Å². The Morgan fingerprint density at radius 3 is 3.03 bits per heavy atom. The molecule has 4 rings (SSSR count). The first-order valence-electron chi connectivity index (χ1n) is 8.85. The molecule has 0 aliphatic carbocycles. The van der Waals surface area contributed by atoms with Crippen molar-refractivity contribution in [1.29, 1.82) is 0 Å². The molecule has 11 heteroatoms. The van der Waals surface area contributed by atoms with Gasteiger partial charge in [-0.1, -0.05) is 12.1 Å². The lowest BCUT2D eigenvalue weighted by molar-refractivity contribution is -0.133. The molecule has 0 radical (unpaired) electrons. The summed E-state index contributed by atoms with van der Waals surface area (Å²) in [6, 6.07) is 8.02. The number of carbonyl (C=O) groups excluding carboxylic acids is 1. The Hall–Kier alpha value is -2.05. The highest BCUT2D eigenvalue weighted by molar-refractivity contribution is 14.1. The molecule has 1 saturated heterocycles. The summed E-state index contributed by atoms with van der Waals surface area (Å²) in [7, 11) is 1.48. The van der Waals surface area contributed by atoms with E-state index in [4.69, 9.17) is 16.3 Å². The number of halogens is 3. The summed E-state index contributed by atoms with van der Waals surface area (Å²) >= 11 is 8.35. The first-order valence-corrected chi connectivity index (χ1v) is 10.3. The Balaban J connectivity index is 1.62. The van der Waals surface area contributed by atoms with Gasteiger partial charge in [-0.15, -0.1) is 0 Å². The normalized spacial score (nSPS) is 21.4. The predicted octanol–water partition coefficient (Wildman–Crippen LogP) is 3.07. The number of hydrogen-bond acceptors (Lipinski definition) is 6. The van der Waals surface area contributed by atoms with Gasteiger partial charge in [0.05, 0.1) is 6.33 Å². The molecule has 3 atom stereocenters. The van der Waals surface area contributed by atoms with Crippen molar-refractivity contribution in [3.05, 3.63) is 45.0 Å². The molecular formula is C18H17ClFIN6O2. The fourth-order valence-electron chi connectivity index (χ4n) is 3.23. The zero-order chi connectivity index (χ0) is 20.5. The number of imidazole rings is 1. The number of likely N-dealkylation sites (N-methyl/N-ethyl adjacent to an activating group) is 1. The molecule has 0 spiro atoms. The fraction of sp³-hybridized carbons (Fsp3) is 0.333. The number of alkyl halides is 1. The number of rotatable bonds is 5. The largest absolute Gasteiger partial charge is 0.364 e. The molecule has 0 saturated carbocycles. The van der Waals surface area contributed by atoms with E-state index >= 15 is 0 Å². The molecule has 1 aliphatic heterocycles. The third-order valence-electron chi connectivity index (χ3n) is 4.61. The molecule has 1 aromatic carbocycles. The van der Waals surface area contributed by atoms with Gasteiger partial charge >= 0.3 is 0 Å². The van der Waals surface area contributed by atoms with E-state index in [1.807, 2.05) is 24.3 Å². The summed E-state index contributed by atoms with van der Waals surface area (Å²) < 4.78 is 22.8. The molecule has 1 amide bonds. The highest BCUT2D eigenvalue weighted by atomic mass is 127. The molecule has 8 nitrogen and oxygen atoms in total. The number of carbonyl (C=O) groups is 1. The SMILES string of the molecule is CNC(=O)[C@@H]1C[C@@H](F)[C@H](n2cnc3c(NCc4cccc(I)c4)nc(Cl)nc32)O1. The van der Waals surface area contributed by atoms with Crippen LogP contribution in [-0.4, -0.2) is 44.7 Å². The van der Waals surface area contributed by atoms with E-state index in [0.29, 0.717) is 23.5 Å². The summed E-state index contributed by atoms with van der Waals surface area (Å²) in [6.45, 7) is 0.510. The van der Waals surface area contributed by atoms with Crippen LogP contribution in [0.2, 0.25) is 5.28 Å². The molecule has 1 aliphatic rings. The van der Waals surface area contributed by atoms with Crippen LogP contribution in [0.3, 0.4) is 0 Å². The minimum Gasteiger partial charge on any atom is -0.364 e. The minimum atomic E-state index is -1.38. The van der Waals surface area contributed by atoms with Crippen LogP contribution in [-0.2, 0) is 16.1 Å². The van der Waals surface area contributed by atoms with Crippen molar-refractivity contribution in [1.82, 2.24) is 24.8 Å². The molecule has 0 unspecified atom stereocenters. The molecule has 2 N–H and O–H groups in total. The van der Waals surface area contributed by atoms with Gasteiger partial charge in [0.1, 0.15) is 12.3 Å². The molecule has 3 heterocycles. The van der Waals surface area contributed by atoms with Crippen molar-refractivity contribution in [2.24, 2.45) is 0 Å². The third-order valence-corrected chi connectivity index (χ3v) is 5.45. The molecule has 3 aromatic rings. The summed E-state index contributed by atoms with van der Waals surface area (Å²) in [6.07, 6.45) is -1.88. The predicted molar refractivity (Wildman–Crippen MR) is 114 cm³/mol. The highest BCUT2D eigenvalue weighted by Gasteiger charge is 2.41. The zero-order valence-electron chi connectivity index (χ0n) is 15.3. The number of benzene rings is 1. The van der Waals surface area contributed by atoms with Crippen molar-refractivity contribution < 1.29 is 13.9 Å². The van der Waals surface area contributed by atoms with Gasteiger partial charge in [-0.05, 0) is 51.9 Å². The van der Waals surface area contributed by atoms with Crippen molar-refractivity contribution in [2.45, 2.75) is 31.5 Å². The molecule has 1 fully saturated rings. The van der Waals surface area contributed by atoms with E-state index in [0.717, 1.165) is 9.13 Å². The Morgan fingerprint density at radius 2 is 2.28 bits per heavy atom. The Bertz CT molecular complexity index is 1060. The number of hydrogen-bond donors (Lipinski definition) is 2. The summed E-state index contributed by atoms with van der Waals surface area (Å²) in [5.74, 6) is 0.0703. The number of anilines is 1.